The van der Waals surface area contributed by atoms with Crippen molar-refractivity contribution in [1.82, 2.24) is 20.3 Å². The zero-order chi connectivity index (χ0) is 21.5. The minimum absolute atomic E-state index is 0.00201. The van der Waals surface area contributed by atoms with Gasteiger partial charge in [-0.2, -0.15) is 0 Å². The molecule has 0 atom stereocenters. The third-order valence-corrected chi connectivity index (χ3v) is 5.04. The fourth-order valence-corrected chi connectivity index (χ4v) is 3.38. The van der Waals surface area contributed by atoms with Crippen LogP contribution in [0.3, 0.4) is 0 Å². The van der Waals surface area contributed by atoms with Gasteiger partial charge in [-0.3, -0.25) is 14.6 Å². The molecule has 2 aromatic heterocycles. The molecule has 7 nitrogen and oxygen atoms in total. The number of aryl methyl sites for hydroxylation is 2. The summed E-state index contributed by atoms with van der Waals surface area (Å²) in [6.45, 7) is 7.95. The first-order valence-corrected chi connectivity index (χ1v) is 10.1. The summed E-state index contributed by atoms with van der Waals surface area (Å²) in [7, 11) is 0. The van der Waals surface area contributed by atoms with Crippen LogP contribution in [0, 0.1) is 13.8 Å². The van der Waals surface area contributed by atoms with Gasteiger partial charge in [0.25, 0.3) is 5.56 Å². The van der Waals surface area contributed by atoms with Gasteiger partial charge < -0.3 is 15.2 Å². The van der Waals surface area contributed by atoms with Crippen molar-refractivity contribution in [2.75, 3.05) is 24.5 Å². The van der Waals surface area contributed by atoms with E-state index < -0.39 is 0 Å². The number of likely N-dealkylation sites (N-methyl/N-ethyl adjacent to an activating group) is 1. The van der Waals surface area contributed by atoms with E-state index in [2.05, 4.69) is 51.1 Å². The number of amides is 1. The number of hydrogen-bond acceptors (Lipinski definition) is 5. The normalized spacial score (nSPS) is 10.6. The predicted molar refractivity (Wildman–Crippen MR) is 119 cm³/mol. The number of benzene rings is 1. The van der Waals surface area contributed by atoms with Gasteiger partial charge in [0.2, 0.25) is 5.91 Å². The molecule has 1 aromatic carbocycles. The molecule has 0 saturated heterocycles. The molecule has 30 heavy (non-hydrogen) atoms. The predicted octanol–water partition coefficient (Wildman–Crippen LogP) is 2.63. The SMILES string of the molecule is CCN(CCNC(=O)Cc1c(C)nc(-c2cccnc2)[nH]c1=O)c1ccccc1C. The summed E-state index contributed by atoms with van der Waals surface area (Å²) in [4.78, 5) is 38.4. The summed E-state index contributed by atoms with van der Waals surface area (Å²) in [5.41, 5.74) is 3.72. The van der Waals surface area contributed by atoms with E-state index in [9.17, 15) is 9.59 Å². The molecule has 1 amide bonds. The minimum Gasteiger partial charge on any atom is -0.370 e. The Labute approximate surface area is 176 Å². The highest BCUT2D eigenvalue weighted by Crippen LogP contribution is 2.18. The number of carbonyl (C=O) groups is 1. The van der Waals surface area contributed by atoms with E-state index in [-0.39, 0.29) is 17.9 Å². The van der Waals surface area contributed by atoms with Crippen LogP contribution < -0.4 is 15.8 Å². The number of nitrogens with zero attached hydrogens (tertiary/aromatic N) is 3. The lowest BCUT2D eigenvalue weighted by molar-refractivity contribution is -0.120. The van der Waals surface area contributed by atoms with Gasteiger partial charge in [-0.05, 0) is 44.5 Å². The molecule has 2 N–H and O–H groups in total. The lowest BCUT2D eigenvalue weighted by Gasteiger charge is -2.25. The molecule has 0 aliphatic rings. The largest absolute Gasteiger partial charge is 0.370 e. The Hall–Kier alpha value is -3.48. The molecule has 0 radical (unpaired) electrons. The number of aromatic amines is 1. The first kappa shape index (κ1) is 21.2. The van der Waals surface area contributed by atoms with Crippen LogP contribution >= 0.6 is 0 Å². The van der Waals surface area contributed by atoms with Crippen molar-refractivity contribution < 1.29 is 4.79 Å². The molecule has 0 bridgehead atoms. The third-order valence-electron chi connectivity index (χ3n) is 5.04. The van der Waals surface area contributed by atoms with E-state index in [1.807, 2.05) is 18.2 Å². The number of para-hydroxylation sites is 1. The van der Waals surface area contributed by atoms with Crippen molar-refractivity contribution in [3.8, 4) is 11.4 Å². The lowest BCUT2D eigenvalue weighted by atomic mass is 10.1. The molecule has 0 spiro atoms. The maximum Gasteiger partial charge on any atom is 0.255 e. The van der Waals surface area contributed by atoms with Gasteiger partial charge in [0.05, 0.1) is 6.42 Å². The molecule has 7 heteroatoms. The molecule has 0 unspecified atom stereocenters. The second kappa shape index (κ2) is 9.82. The molecule has 156 valence electrons. The van der Waals surface area contributed by atoms with Crippen LogP contribution in [0.15, 0.2) is 53.6 Å². The Morgan fingerprint density at radius 1 is 1.17 bits per heavy atom. The molecule has 2 heterocycles. The lowest BCUT2D eigenvalue weighted by Crippen LogP contribution is -2.36. The standard InChI is InChI=1S/C23H27N5O2/c1-4-28(20-10-6-5-8-16(20)2)13-12-25-21(29)14-19-17(3)26-22(27-23(19)30)18-9-7-11-24-15-18/h5-11,15H,4,12-14H2,1-3H3,(H,25,29)(H,26,27,30). The Morgan fingerprint density at radius 3 is 2.63 bits per heavy atom. The zero-order valence-corrected chi connectivity index (χ0v) is 17.6. The van der Waals surface area contributed by atoms with Crippen molar-refractivity contribution in [2.45, 2.75) is 27.2 Å². The summed E-state index contributed by atoms with van der Waals surface area (Å²) in [6, 6.07) is 11.8. The van der Waals surface area contributed by atoms with E-state index >= 15 is 0 Å². The van der Waals surface area contributed by atoms with Crippen LogP contribution in [0.25, 0.3) is 11.4 Å². The molecule has 0 saturated carbocycles. The quantitative estimate of drug-likeness (QED) is 0.601. The molecule has 3 aromatic rings. The van der Waals surface area contributed by atoms with E-state index in [0.29, 0.717) is 30.2 Å². The number of nitrogens with one attached hydrogen (secondary N) is 2. The highest BCUT2D eigenvalue weighted by atomic mass is 16.2. The highest BCUT2D eigenvalue weighted by molar-refractivity contribution is 5.78. The van der Waals surface area contributed by atoms with Gasteiger partial charge in [0.15, 0.2) is 0 Å². The van der Waals surface area contributed by atoms with Gasteiger partial charge in [0, 0.05) is 54.5 Å². The second-order valence-corrected chi connectivity index (χ2v) is 7.11. The van der Waals surface area contributed by atoms with Crippen molar-refractivity contribution in [3.05, 3.63) is 76.0 Å². The maximum atomic E-state index is 12.5. The van der Waals surface area contributed by atoms with E-state index in [0.717, 1.165) is 17.8 Å². The number of rotatable bonds is 8. The maximum absolute atomic E-state index is 12.5. The fraction of sp³-hybridized carbons (Fsp3) is 0.304. The number of pyridine rings is 1. The van der Waals surface area contributed by atoms with Crippen molar-refractivity contribution >= 4 is 11.6 Å². The van der Waals surface area contributed by atoms with Crippen LogP contribution in [-0.4, -0.2) is 40.5 Å². The summed E-state index contributed by atoms with van der Waals surface area (Å²) in [6.07, 6.45) is 3.29. The average Bonchev–Trinajstić information content (AvgIpc) is 2.75. The number of carbonyl (C=O) groups excluding carboxylic acids is 1. The smallest absolute Gasteiger partial charge is 0.255 e. The average molecular weight is 406 g/mol. The molecule has 0 aliphatic heterocycles. The number of aromatic nitrogens is 3. The highest BCUT2D eigenvalue weighted by Gasteiger charge is 2.14. The van der Waals surface area contributed by atoms with Gasteiger partial charge in [-0.1, -0.05) is 18.2 Å². The summed E-state index contributed by atoms with van der Waals surface area (Å²) in [5.74, 6) is 0.256. The van der Waals surface area contributed by atoms with Gasteiger partial charge in [-0.25, -0.2) is 4.98 Å². The minimum atomic E-state index is -0.299. The summed E-state index contributed by atoms with van der Waals surface area (Å²) in [5, 5.41) is 2.91. The Morgan fingerprint density at radius 2 is 1.97 bits per heavy atom. The number of hydrogen-bond donors (Lipinski definition) is 2. The Kier molecular flexibility index (Phi) is 6.95. The van der Waals surface area contributed by atoms with Crippen molar-refractivity contribution in [2.24, 2.45) is 0 Å². The van der Waals surface area contributed by atoms with Crippen LogP contribution in [0.1, 0.15) is 23.7 Å². The molecular weight excluding hydrogens is 378 g/mol. The van der Waals surface area contributed by atoms with E-state index in [1.165, 1.54) is 5.56 Å². The second-order valence-electron chi connectivity index (χ2n) is 7.11. The third kappa shape index (κ3) is 5.11. The first-order chi connectivity index (χ1) is 14.5. The van der Waals surface area contributed by atoms with Gasteiger partial charge >= 0.3 is 0 Å². The van der Waals surface area contributed by atoms with Gasteiger partial charge in [0.1, 0.15) is 5.82 Å². The Balaban J connectivity index is 1.61. The number of anilines is 1. The summed E-state index contributed by atoms with van der Waals surface area (Å²) >= 11 is 0. The monoisotopic (exact) mass is 405 g/mol. The van der Waals surface area contributed by atoms with E-state index in [4.69, 9.17) is 0 Å². The zero-order valence-electron chi connectivity index (χ0n) is 17.6. The molecule has 0 fully saturated rings. The summed E-state index contributed by atoms with van der Waals surface area (Å²) < 4.78 is 0. The van der Waals surface area contributed by atoms with Gasteiger partial charge in [-0.15, -0.1) is 0 Å². The molecule has 0 aliphatic carbocycles. The first-order valence-electron chi connectivity index (χ1n) is 10.1. The number of H-pyrrole nitrogens is 1. The van der Waals surface area contributed by atoms with Crippen LogP contribution in [0.2, 0.25) is 0 Å². The fourth-order valence-electron chi connectivity index (χ4n) is 3.38. The molecular formula is C23H27N5O2. The van der Waals surface area contributed by atoms with E-state index in [1.54, 1.807) is 25.4 Å². The van der Waals surface area contributed by atoms with Crippen molar-refractivity contribution in [3.63, 3.8) is 0 Å². The van der Waals surface area contributed by atoms with Crippen LogP contribution in [0.5, 0.6) is 0 Å². The molecule has 3 rings (SSSR count). The van der Waals surface area contributed by atoms with Crippen LogP contribution in [0.4, 0.5) is 5.69 Å². The van der Waals surface area contributed by atoms with Crippen LogP contribution in [-0.2, 0) is 11.2 Å². The Bertz CT molecular complexity index is 1060. The topological polar surface area (TPSA) is 91.0 Å². The van der Waals surface area contributed by atoms with Crippen molar-refractivity contribution in [1.29, 1.82) is 0 Å².